The first-order chi connectivity index (χ1) is 27.6. The molecule has 0 saturated carbocycles. The molecule has 5 amide bonds. The van der Waals surface area contributed by atoms with Crippen LogP contribution in [-0.4, -0.2) is 90.4 Å². The van der Waals surface area contributed by atoms with Crippen LogP contribution in [0.4, 0.5) is 0 Å². The standard InChI is InChI=1S/C45H48N4O8/c1-3-37(31-7-5-4-6-8-31)43(32-10-14-35(50)15-11-32)33-12-16-36(17-13-33)57-26-23-48(2)42(53)21-24-56-25-22-46-41(52)28-30-9-18-38-34(27-30)29-49(45(38)55)39-19-20-40(51)47-44(39)54/h4-18,27,39,50H,3,19-26,28-29H2,1-2H3,(H,46,52)(H,47,51,54)/b43-37+/t39-/m1/s1. The number of carbonyl (C=O) groups excluding carboxylic acids is 5. The van der Waals surface area contributed by atoms with E-state index in [0.717, 1.165) is 39.8 Å². The number of likely N-dealkylation sites (N-methyl/N-ethyl adjacent to an activating group) is 1. The second kappa shape index (κ2) is 19.1. The average molecular weight is 773 g/mol. The predicted octanol–water partition coefficient (Wildman–Crippen LogP) is 5.13. The Morgan fingerprint density at radius 1 is 0.895 bits per heavy atom. The molecule has 2 aliphatic heterocycles. The molecule has 0 spiro atoms. The number of amides is 5. The molecule has 3 N–H and O–H groups in total. The Bertz CT molecular complexity index is 2120. The van der Waals surface area contributed by atoms with Crippen LogP contribution >= 0.6 is 0 Å². The fourth-order valence-corrected chi connectivity index (χ4v) is 7.15. The van der Waals surface area contributed by atoms with Crippen LogP contribution in [-0.2, 0) is 36.9 Å². The van der Waals surface area contributed by atoms with Crippen LogP contribution in [0, 0.1) is 0 Å². The minimum Gasteiger partial charge on any atom is -0.508 e. The monoisotopic (exact) mass is 772 g/mol. The van der Waals surface area contributed by atoms with E-state index in [0.29, 0.717) is 24.5 Å². The summed E-state index contributed by atoms with van der Waals surface area (Å²) in [4.78, 5) is 65.1. The van der Waals surface area contributed by atoms with Gasteiger partial charge in [0.25, 0.3) is 5.91 Å². The van der Waals surface area contributed by atoms with Gasteiger partial charge < -0.3 is 29.7 Å². The van der Waals surface area contributed by atoms with Crippen LogP contribution < -0.4 is 15.4 Å². The molecule has 12 nitrogen and oxygen atoms in total. The highest BCUT2D eigenvalue weighted by Gasteiger charge is 2.39. The maximum absolute atomic E-state index is 12.9. The molecule has 0 aromatic heterocycles. The maximum Gasteiger partial charge on any atom is 0.255 e. The zero-order chi connectivity index (χ0) is 40.3. The number of fused-ring (bicyclic) bond motifs is 1. The summed E-state index contributed by atoms with van der Waals surface area (Å²) < 4.78 is 11.6. The van der Waals surface area contributed by atoms with Crippen molar-refractivity contribution >= 4 is 40.7 Å². The topological polar surface area (TPSA) is 155 Å². The van der Waals surface area contributed by atoms with Gasteiger partial charge in [0.1, 0.15) is 24.1 Å². The summed E-state index contributed by atoms with van der Waals surface area (Å²) in [7, 11) is 1.72. The van der Waals surface area contributed by atoms with Crippen LogP contribution in [0.15, 0.2) is 97.1 Å². The van der Waals surface area contributed by atoms with E-state index < -0.39 is 11.9 Å². The highest BCUT2D eigenvalue weighted by atomic mass is 16.5. The Kier molecular flexibility index (Phi) is 13.5. The molecule has 6 rings (SSSR count). The second-order valence-corrected chi connectivity index (χ2v) is 14.1. The molecule has 4 aromatic carbocycles. The van der Waals surface area contributed by atoms with E-state index in [2.05, 4.69) is 29.7 Å². The molecular weight excluding hydrogens is 725 g/mol. The van der Waals surface area contributed by atoms with E-state index in [1.165, 1.54) is 10.5 Å². The van der Waals surface area contributed by atoms with Gasteiger partial charge >= 0.3 is 0 Å². The summed E-state index contributed by atoms with van der Waals surface area (Å²) in [5, 5.41) is 15.0. The fraction of sp³-hybridized carbons (Fsp3) is 0.311. The lowest BCUT2D eigenvalue weighted by molar-refractivity contribution is -0.137. The summed E-state index contributed by atoms with van der Waals surface area (Å²) in [6.45, 7) is 3.84. The second-order valence-electron chi connectivity index (χ2n) is 14.1. The summed E-state index contributed by atoms with van der Waals surface area (Å²) in [6, 6.07) is 30.0. The number of carbonyl (C=O) groups is 5. The number of allylic oxidation sites excluding steroid dienone is 1. The Hall–Kier alpha value is -6.27. The normalized spacial score (nSPS) is 15.4. The number of phenolic OH excluding ortho intramolecular Hbond substituents is 1. The minimum atomic E-state index is -0.689. The molecule has 1 fully saturated rings. The van der Waals surface area contributed by atoms with Gasteiger partial charge in [-0.15, -0.1) is 0 Å². The third kappa shape index (κ3) is 10.3. The van der Waals surface area contributed by atoms with E-state index in [1.807, 2.05) is 54.6 Å². The summed E-state index contributed by atoms with van der Waals surface area (Å²) in [6.07, 6.45) is 1.60. The number of nitrogens with one attached hydrogen (secondary N) is 2. The van der Waals surface area contributed by atoms with Crippen molar-refractivity contribution in [1.29, 1.82) is 0 Å². The minimum absolute atomic E-state index is 0.0825. The Labute approximate surface area is 332 Å². The molecule has 0 radical (unpaired) electrons. The number of imide groups is 1. The number of ether oxygens (including phenoxy) is 2. The lowest BCUT2D eigenvalue weighted by atomic mass is 9.88. The lowest BCUT2D eigenvalue weighted by Gasteiger charge is -2.29. The largest absolute Gasteiger partial charge is 0.508 e. The SMILES string of the molecule is CC/C(=C(/c1ccc(O)cc1)c1ccc(OCCN(C)C(=O)CCOCCNC(=O)Cc2ccc3c(c2)CN([C@@H]2CCC(=O)NC2=O)C3=O)cc1)c1ccccc1. The van der Waals surface area contributed by atoms with E-state index in [4.69, 9.17) is 9.47 Å². The summed E-state index contributed by atoms with van der Waals surface area (Å²) >= 11 is 0. The molecular formula is C45H48N4O8. The molecule has 57 heavy (non-hydrogen) atoms. The number of rotatable bonds is 17. The summed E-state index contributed by atoms with van der Waals surface area (Å²) in [5.41, 5.74) is 7.43. The quantitative estimate of drug-likeness (QED) is 0.0759. The van der Waals surface area contributed by atoms with Crippen LogP contribution in [0.25, 0.3) is 11.1 Å². The van der Waals surface area contributed by atoms with Gasteiger partial charge in [0, 0.05) is 32.1 Å². The number of hydrogen-bond donors (Lipinski definition) is 3. The van der Waals surface area contributed by atoms with E-state index in [-0.39, 0.29) is 81.4 Å². The first kappa shape index (κ1) is 40.4. The van der Waals surface area contributed by atoms with Crippen molar-refractivity contribution in [3.63, 3.8) is 0 Å². The van der Waals surface area contributed by atoms with Gasteiger partial charge in [-0.3, -0.25) is 29.3 Å². The first-order valence-electron chi connectivity index (χ1n) is 19.3. The van der Waals surface area contributed by atoms with Crippen LogP contribution in [0.2, 0.25) is 0 Å². The molecule has 1 saturated heterocycles. The van der Waals surface area contributed by atoms with Crippen molar-refractivity contribution in [3.8, 4) is 11.5 Å². The smallest absolute Gasteiger partial charge is 0.255 e. The van der Waals surface area contributed by atoms with Gasteiger partial charge in [-0.25, -0.2) is 0 Å². The number of hydrogen-bond acceptors (Lipinski definition) is 8. The lowest BCUT2D eigenvalue weighted by Crippen LogP contribution is -2.52. The molecule has 2 aliphatic rings. The predicted molar refractivity (Wildman–Crippen MR) is 215 cm³/mol. The van der Waals surface area contributed by atoms with Gasteiger partial charge in [0.05, 0.1) is 32.6 Å². The van der Waals surface area contributed by atoms with Gasteiger partial charge in [0.2, 0.25) is 23.6 Å². The van der Waals surface area contributed by atoms with Gasteiger partial charge in [0.15, 0.2) is 0 Å². The zero-order valence-electron chi connectivity index (χ0n) is 32.3. The molecule has 0 unspecified atom stereocenters. The van der Waals surface area contributed by atoms with Gasteiger partial charge in [-0.1, -0.05) is 73.7 Å². The van der Waals surface area contributed by atoms with Crippen molar-refractivity contribution in [3.05, 3.63) is 130 Å². The highest BCUT2D eigenvalue weighted by Crippen LogP contribution is 2.35. The van der Waals surface area contributed by atoms with Crippen molar-refractivity contribution < 1.29 is 38.6 Å². The highest BCUT2D eigenvalue weighted by molar-refractivity contribution is 6.05. The number of piperidine rings is 1. The number of phenols is 1. The number of nitrogens with zero attached hydrogens (tertiary/aromatic N) is 2. The Morgan fingerprint density at radius 3 is 2.32 bits per heavy atom. The van der Waals surface area contributed by atoms with Crippen LogP contribution in [0.1, 0.15) is 70.8 Å². The van der Waals surface area contributed by atoms with E-state index in [9.17, 15) is 29.1 Å². The van der Waals surface area contributed by atoms with Crippen LogP contribution in [0.3, 0.4) is 0 Å². The number of aromatic hydroxyl groups is 1. The average Bonchev–Trinajstić information content (AvgIpc) is 3.53. The van der Waals surface area contributed by atoms with Crippen molar-refractivity contribution in [1.82, 2.24) is 20.4 Å². The fourth-order valence-electron chi connectivity index (χ4n) is 7.15. The third-order valence-electron chi connectivity index (χ3n) is 10.2. The molecule has 0 bridgehead atoms. The van der Waals surface area contributed by atoms with E-state index >= 15 is 0 Å². The molecule has 1 atom stereocenters. The van der Waals surface area contributed by atoms with Crippen molar-refractivity contribution in [2.45, 2.75) is 51.6 Å². The van der Waals surface area contributed by atoms with Crippen molar-refractivity contribution in [2.24, 2.45) is 0 Å². The number of benzene rings is 4. The molecule has 4 aromatic rings. The first-order valence-corrected chi connectivity index (χ1v) is 19.3. The zero-order valence-corrected chi connectivity index (χ0v) is 32.3. The van der Waals surface area contributed by atoms with Gasteiger partial charge in [-0.05, 0) is 82.1 Å². The Balaban J connectivity index is 0.889. The maximum atomic E-state index is 12.9. The molecule has 2 heterocycles. The van der Waals surface area contributed by atoms with Crippen molar-refractivity contribution in [2.75, 3.05) is 40.0 Å². The van der Waals surface area contributed by atoms with Crippen LogP contribution in [0.5, 0.6) is 11.5 Å². The molecule has 12 heteroatoms. The summed E-state index contributed by atoms with van der Waals surface area (Å²) in [5.74, 6) is -0.438. The van der Waals surface area contributed by atoms with Gasteiger partial charge in [-0.2, -0.15) is 0 Å². The Morgan fingerprint density at radius 2 is 1.61 bits per heavy atom. The molecule has 0 aliphatic carbocycles. The molecule has 296 valence electrons. The third-order valence-corrected chi connectivity index (χ3v) is 10.2. The van der Waals surface area contributed by atoms with E-state index in [1.54, 1.807) is 42.3 Å².